The van der Waals surface area contributed by atoms with E-state index in [0.717, 1.165) is 29.2 Å². The molecule has 0 amide bonds. The van der Waals surface area contributed by atoms with E-state index in [1.54, 1.807) is 7.11 Å². The molecule has 0 radical (unpaired) electrons. The van der Waals surface area contributed by atoms with Gasteiger partial charge in [0.05, 0.1) is 23.5 Å². The van der Waals surface area contributed by atoms with E-state index in [9.17, 15) is 0 Å². The Labute approximate surface area is 132 Å². The summed E-state index contributed by atoms with van der Waals surface area (Å²) in [5.41, 5.74) is 2.23. The second kappa shape index (κ2) is 5.88. The van der Waals surface area contributed by atoms with Crippen molar-refractivity contribution in [2.24, 2.45) is 11.3 Å². The first-order chi connectivity index (χ1) is 9.76. The molecule has 0 aliphatic heterocycles. The number of halogens is 1. The third-order valence-electron chi connectivity index (χ3n) is 4.47. The van der Waals surface area contributed by atoms with Crippen LogP contribution in [0, 0.1) is 11.3 Å². The van der Waals surface area contributed by atoms with E-state index < -0.39 is 0 Å². The molecule has 0 N–H and O–H groups in total. The average molecular weight is 309 g/mol. The van der Waals surface area contributed by atoms with Gasteiger partial charge in [0.15, 0.2) is 0 Å². The molecule has 0 aliphatic carbocycles. The molecule has 0 bridgehead atoms. The van der Waals surface area contributed by atoms with Crippen LogP contribution in [-0.4, -0.2) is 16.7 Å². The second-order valence-corrected chi connectivity index (χ2v) is 7.32. The predicted octanol–water partition coefficient (Wildman–Crippen LogP) is 5.03. The summed E-state index contributed by atoms with van der Waals surface area (Å²) < 4.78 is 7.55. The van der Waals surface area contributed by atoms with E-state index in [-0.39, 0.29) is 10.8 Å². The first kappa shape index (κ1) is 16.2. The first-order valence-electron chi connectivity index (χ1n) is 7.44. The van der Waals surface area contributed by atoms with Crippen LogP contribution >= 0.6 is 11.6 Å². The number of fused-ring (bicyclic) bond motifs is 1. The second-order valence-electron chi connectivity index (χ2n) is 6.67. The molecule has 1 aromatic heterocycles. The Hall–Kier alpha value is -1.22. The lowest BCUT2D eigenvalue weighted by Crippen LogP contribution is -2.26. The zero-order chi connectivity index (χ0) is 15.8. The van der Waals surface area contributed by atoms with Crippen molar-refractivity contribution >= 4 is 22.6 Å². The summed E-state index contributed by atoms with van der Waals surface area (Å²) in [5.74, 6) is 2.32. The third kappa shape index (κ3) is 3.18. The van der Waals surface area contributed by atoms with Crippen LogP contribution in [0.15, 0.2) is 18.2 Å². The number of aromatic nitrogens is 2. The van der Waals surface area contributed by atoms with Gasteiger partial charge in [0.2, 0.25) is 0 Å². The van der Waals surface area contributed by atoms with Gasteiger partial charge >= 0.3 is 0 Å². The highest BCUT2D eigenvalue weighted by molar-refractivity contribution is 6.20. The third-order valence-corrected chi connectivity index (χ3v) is 4.66. The Bertz CT molecular complexity index is 629. The average Bonchev–Trinajstić information content (AvgIpc) is 2.76. The summed E-state index contributed by atoms with van der Waals surface area (Å²) in [6.07, 6.45) is 0. The molecular formula is C17H25ClN2O. The van der Waals surface area contributed by atoms with Crippen molar-refractivity contribution in [3.05, 3.63) is 24.0 Å². The number of hydrogen-bond donors (Lipinski definition) is 0. The van der Waals surface area contributed by atoms with Crippen LogP contribution in [0.2, 0.25) is 0 Å². The molecule has 21 heavy (non-hydrogen) atoms. The summed E-state index contributed by atoms with van der Waals surface area (Å²) in [5, 5.41) is -0.119. The van der Waals surface area contributed by atoms with Crippen molar-refractivity contribution < 1.29 is 4.74 Å². The van der Waals surface area contributed by atoms with Crippen molar-refractivity contribution in [1.29, 1.82) is 0 Å². The minimum atomic E-state index is -0.119. The molecule has 0 saturated heterocycles. The van der Waals surface area contributed by atoms with Crippen LogP contribution in [0.3, 0.4) is 0 Å². The maximum Gasteiger partial charge on any atom is 0.127 e. The quantitative estimate of drug-likeness (QED) is 0.725. The zero-order valence-corrected chi connectivity index (χ0v) is 14.5. The lowest BCUT2D eigenvalue weighted by Gasteiger charge is -2.31. The van der Waals surface area contributed by atoms with Crippen molar-refractivity contribution in [1.82, 2.24) is 9.55 Å². The predicted molar refractivity (Wildman–Crippen MR) is 89.2 cm³/mol. The molecule has 1 heterocycles. The molecule has 0 fully saturated rings. The minimum Gasteiger partial charge on any atom is -0.497 e. The van der Waals surface area contributed by atoms with Gasteiger partial charge in [-0.05, 0) is 30.4 Å². The molecule has 0 spiro atoms. The highest BCUT2D eigenvalue weighted by Crippen LogP contribution is 2.33. The number of ether oxygens (including phenoxy) is 1. The van der Waals surface area contributed by atoms with Gasteiger partial charge in [-0.2, -0.15) is 0 Å². The summed E-state index contributed by atoms with van der Waals surface area (Å²) >= 11 is 6.35. The summed E-state index contributed by atoms with van der Waals surface area (Å²) in [7, 11) is 1.67. The number of alkyl halides is 1. The molecular weight excluding hydrogens is 284 g/mol. The Morgan fingerprint density at radius 2 is 1.95 bits per heavy atom. The van der Waals surface area contributed by atoms with E-state index in [1.807, 2.05) is 19.1 Å². The molecule has 0 saturated carbocycles. The van der Waals surface area contributed by atoms with Crippen molar-refractivity contribution in [2.75, 3.05) is 7.11 Å². The van der Waals surface area contributed by atoms with Crippen LogP contribution in [0.1, 0.15) is 45.8 Å². The monoisotopic (exact) mass is 308 g/mol. The maximum atomic E-state index is 6.35. The van der Waals surface area contributed by atoms with Crippen molar-refractivity contribution in [2.45, 2.75) is 46.5 Å². The number of nitrogens with zero attached hydrogens (tertiary/aromatic N) is 2. The van der Waals surface area contributed by atoms with Gasteiger partial charge in [0.1, 0.15) is 11.6 Å². The molecule has 2 rings (SSSR count). The first-order valence-corrected chi connectivity index (χ1v) is 7.88. The summed E-state index contributed by atoms with van der Waals surface area (Å²) in [4.78, 5) is 4.72. The lowest BCUT2D eigenvalue weighted by molar-refractivity contribution is 0.210. The van der Waals surface area contributed by atoms with E-state index >= 15 is 0 Å². The summed E-state index contributed by atoms with van der Waals surface area (Å²) in [6, 6.07) is 6.02. The number of hydrogen-bond acceptors (Lipinski definition) is 2. The molecule has 0 aliphatic rings. The van der Waals surface area contributed by atoms with Crippen molar-refractivity contribution in [3.63, 3.8) is 0 Å². The number of benzene rings is 1. The van der Waals surface area contributed by atoms with Gasteiger partial charge in [-0.3, -0.25) is 0 Å². The molecule has 1 atom stereocenters. The van der Waals surface area contributed by atoms with Gasteiger partial charge in [0, 0.05) is 12.6 Å². The van der Waals surface area contributed by atoms with Gasteiger partial charge in [-0.15, -0.1) is 11.6 Å². The molecule has 4 heteroatoms. The fourth-order valence-corrected chi connectivity index (χ4v) is 2.48. The SMILES string of the molecule is COc1ccc2c(c1)nc(C(C)Cl)n2CC(C)(C)C(C)C. The Morgan fingerprint density at radius 1 is 1.29 bits per heavy atom. The number of rotatable bonds is 5. The molecule has 3 nitrogen and oxygen atoms in total. The summed E-state index contributed by atoms with van der Waals surface area (Å²) in [6.45, 7) is 12.0. The van der Waals surface area contributed by atoms with E-state index in [0.29, 0.717) is 5.92 Å². The highest BCUT2D eigenvalue weighted by Gasteiger charge is 2.26. The smallest absolute Gasteiger partial charge is 0.127 e. The minimum absolute atomic E-state index is 0.119. The van der Waals surface area contributed by atoms with Gasteiger partial charge in [0.25, 0.3) is 0 Å². The molecule has 116 valence electrons. The van der Waals surface area contributed by atoms with Crippen molar-refractivity contribution in [3.8, 4) is 5.75 Å². The zero-order valence-electron chi connectivity index (χ0n) is 13.8. The van der Waals surface area contributed by atoms with E-state index in [4.69, 9.17) is 21.3 Å². The van der Waals surface area contributed by atoms with Gasteiger partial charge < -0.3 is 9.30 Å². The van der Waals surface area contributed by atoms with Crippen LogP contribution in [0.4, 0.5) is 0 Å². The van der Waals surface area contributed by atoms with Gasteiger partial charge in [-0.1, -0.05) is 27.7 Å². The van der Waals surface area contributed by atoms with Crippen LogP contribution in [0.25, 0.3) is 11.0 Å². The molecule has 1 unspecified atom stereocenters. The van der Waals surface area contributed by atoms with E-state index in [1.165, 1.54) is 0 Å². The Kier molecular flexibility index (Phi) is 4.52. The van der Waals surface area contributed by atoms with Gasteiger partial charge in [-0.25, -0.2) is 4.98 Å². The highest BCUT2D eigenvalue weighted by atomic mass is 35.5. The molecule has 2 aromatic rings. The fraction of sp³-hybridized carbons (Fsp3) is 0.588. The molecule has 1 aromatic carbocycles. The largest absolute Gasteiger partial charge is 0.497 e. The van der Waals surface area contributed by atoms with Crippen LogP contribution < -0.4 is 4.74 Å². The lowest BCUT2D eigenvalue weighted by atomic mass is 9.81. The fourth-order valence-electron chi connectivity index (χ4n) is 2.32. The van der Waals surface area contributed by atoms with E-state index in [2.05, 4.69) is 38.3 Å². The Balaban J connectivity index is 2.57. The Morgan fingerprint density at radius 3 is 2.48 bits per heavy atom. The number of methoxy groups -OCH3 is 1. The van der Waals surface area contributed by atoms with Crippen LogP contribution in [0.5, 0.6) is 5.75 Å². The van der Waals surface area contributed by atoms with Crippen LogP contribution in [-0.2, 0) is 6.54 Å². The topological polar surface area (TPSA) is 27.1 Å². The number of imidazole rings is 1. The normalized spacial score (nSPS) is 13.9. The maximum absolute atomic E-state index is 6.35. The standard InChI is InChI=1S/C17H25ClN2O/c1-11(2)17(4,5)10-20-15-8-7-13(21-6)9-14(15)19-16(20)12(3)18/h7-9,11-12H,10H2,1-6H3.